The molecule has 1 atom stereocenters. The maximum atomic E-state index is 13.2. The van der Waals surface area contributed by atoms with Crippen LogP contribution in [0.25, 0.3) is 0 Å². The average Bonchev–Trinajstić information content (AvgIpc) is 2.58. The van der Waals surface area contributed by atoms with Crippen LogP contribution in [0.2, 0.25) is 0 Å². The lowest BCUT2D eigenvalue weighted by Gasteiger charge is -2.36. The lowest BCUT2D eigenvalue weighted by molar-refractivity contribution is -0.134. The van der Waals surface area contributed by atoms with Gasteiger partial charge >= 0.3 is 0 Å². The fraction of sp³-hybridized carbons (Fsp3) is 0.500. The third-order valence-electron chi connectivity index (χ3n) is 3.90. The molecule has 5 nitrogen and oxygen atoms in total. The van der Waals surface area contributed by atoms with Gasteiger partial charge in [0.2, 0.25) is 5.91 Å². The maximum Gasteiger partial charge on any atom is 0.254 e. The molecule has 1 heterocycles. The van der Waals surface area contributed by atoms with Crippen LogP contribution in [0.15, 0.2) is 24.3 Å². The summed E-state index contributed by atoms with van der Waals surface area (Å²) in [5.41, 5.74) is 6.24. The van der Waals surface area contributed by atoms with E-state index < -0.39 is 11.9 Å². The Bertz CT molecular complexity index is 568. The highest BCUT2D eigenvalue weighted by Crippen LogP contribution is 2.12. The summed E-state index contributed by atoms with van der Waals surface area (Å²) in [5.74, 6) is 0.162. The minimum Gasteiger partial charge on any atom is -0.338 e. The summed E-state index contributed by atoms with van der Waals surface area (Å²) in [7, 11) is 0. The van der Waals surface area contributed by atoms with E-state index in [2.05, 4.69) is 0 Å². The van der Waals surface area contributed by atoms with Gasteiger partial charge in [-0.3, -0.25) is 9.59 Å². The molecule has 0 spiro atoms. The molecule has 2 amide bonds. The second-order valence-electron chi connectivity index (χ2n) is 5.52. The third kappa shape index (κ3) is 5.36. The highest BCUT2D eigenvalue weighted by molar-refractivity contribution is 7.98. The molecule has 1 aliphatic heterocycles. The minimum absolute atomic E-state index is 0. The number of nitrogens with zero attached hydrogens (tertiary/aromatic N) is 2. The van der Waals surface area contributed by atoms with Gasteiger partial charge in [-0.25, -0.2) is 4.39 Å². The van der Waals surface area contributed by atoms with E-state index in [9.17, 15) is 14.0 Å². The Morgan fingerprint density at radius 2 is 1.88 bits per heavy atom. The van der Waals surface area contributed by atoms with Crippen molar-refractivity contribution in [2.24, 2.45) is 5.73 Å². The zero-order chi connectivity index (χ0) is 16.8. The molecule has 0 radical (unpaired) electrons. The average molecular weight is 376 g/mol. The van der Waals surface area contributed by atoms with Crippen molar-refractivity contribution in [2.75, 3.05) is 38.2 Å². The molecule has 134 valence electrons. The molecule has 1 fully saturated rings. The minimum atomic E-state index is -0.479. The van der Waals surface area contributed by atoms with Gasteiger partial charge in [-0.05, 0) is 36.6 Å². The van der Waals surface area contributed by atoms with Crippen molar-refractivity contribution < 1.29 is 14.0 Å². The van der Waals surface area contributed by atoms with Crippen LogP contribution in [-0.2, 0) is 4.79 Å². The van der Waals surface area contributed by atoms with Gasteiger partial charge in [-0.1, -0.05) is 6.07 Å². The largest absolute Gasteiger partial charge is 0.338 e. The summed E-state index contributed by atoms with van der Waals surface area (Å²) in [6, 6.07) is 5.18. The van der Waals surface area contributed by atoms with Gasteiger partial charge in [0, 0.05) is 31.7 Å². The van der Waals surface area contributed by atoms with Gasteiger partial charge in [0.25, 0.3) is 5.91 Å². The first-order valence-corrected chi connectivity index (χ1v) is 9.00. The fourth-order valence-electron chi connectivity index (χ4n) is 2.54. The number of carbonyl (C=O) groups is 2. The van der Waals surface area contributed by atoms with Crippen LogP contribution in [0.4, 0.5) is 4.39 Å². The summed E-state index contributed by atoms with van der Waals surface area (Å²) >= 11 is 1.66. The smallest absolute Gasteiger partial charge is 0.254 e. The number of thioether (sulfide) groups is 1. The number of amides is 2. The summed E-state index contributed by atoms with van der Waals surface area (Å²) in [4.78, 5) is 27.9. The number of carbonyl (C=O) groups excluding carboxylic acids is 2. The van der Waals surface area contributed by atoms with Crippen molar-refractivity contribution in [3.63, 3.8) is 0 Å². The second-order valence-corrected chi connectivity index (χ2v) is 6.50. The Kier molecular flexibility index (Phi) is 8.52. The standard InChI is InChI=1S/C16H22FN3O2S.ClH/c1-23-10-5-14(18)16(22)20-8-6-19(7-9-20)15(21)12-3-2-4-13(17)11-12;/h2-4,11,14H,5-10,18H2,1H3;1H. The normalized spacial score (nSPS) is 15.6. The zero-order valence-corrected chi connectivity index (χ0v) is 15.2. The quantitative estimate of drug-likeness (QED) is 0.849. The zero-order valence-electron chi connectivity index (χ0n) is 13.6. The molecular weight excluding hydrogens is 353 g/mol. The molecule has 2 rings (SSSR count). The van der Waals surface area contributed by atoms with Crippen LogP contribution in [0.1, 0.15) is 16.8 Å². The molecule has 1 unspecified atom stereocenters. The van der Waals surface area contributed by atoms with E-state index in [-0.39, 0.29) is 24.2 Å². The lowest BCUT2D eigenvalue weighted by Crippen LogP contribution is -2.54. The van der Waals surface area contributed by atoms with E-state index in [1.165, 1.54) is 18.2 Å². The fourth-order valence-corrected chi connectivity index (χ4v) is 3.03. The molecule has 0 aromatic heterocycles. The second kappa shape index (κ2) is 9.86. The highest BCUT2D eigenvalue weighted by Gasteiger charge is 2.27. The van der Waals surface area contributed by atoms with Crippen LogP contribution in [-0.4, -0.2) is 65.8 Å². The Morgan fingerprint density at radius 3 is 2.46 bits per heavy atom. The predicted molar refractivity (Wildman–Crippen MR) is 97.1 cm³/mol. The monoisotopic (exact) mass is 375 g/mol. The third-order valence-corrected chi connectivity index (χ3v) is 4.54. The molecule has 0 bridgehead atoms. The van der Waals surface area contributed by atoms with Crippen LogP contribution in [0.3, 0.4) is 0 Å². The molecule has 0 saturated carbocycles. The van der Waals surface area contributed by atoms with Gasteiger partial charge in [0.15, 0.2) is 0 Å². The van der Waals surface area contributed by atoms with Gasteiger partial charge in [-0.15, -0.1) is 12.4 Å². The molecule has 1 aromatic carbocycles. The van der Waals surface area contributed by atoms with E-state index in [4.69, 9.17) is 5.73 Å². The topological polar surface area (TPSA) is 66.6 Å². The van der Waals surface area contributed by atoms with Gasteiger partial charge in [0.1, 0.15) is 5.82 Å². The maximum absolute atomic E-state index is 13.2. The first kappa shape index (κ1) is 20.7. The number of hydrogen-bond acceptors (Lipinski definition) is 4. The number of piperazine rings is 1. The van der Waals surface area contributed by atoms with Crippen LogP contribution >= 0.6 is 24.2 Å². The van der Waals surface area contributed by atoms with Crippen molar-refractivity contribution in [3.8, 4) is 0 Å². The first-order valence-electron chi connectivity index (χ1n) is 7.61. The Hall–Kier alpha value is -1.31. The number of halogens is 2. The predicted octanol–water partition coefficient (Wildman–Crippen LogP) is 1.61. The van der Waals surface area contributed by atoms with Crippen LogP contribution in [0.5, 0.6) is 0 Å². The summed E-state index contributed by atoms with van der Waals surface area (Å²) in [5, 5.41) is 0. The van der Waals surface area contributed by atoms with Gasteiger partial charge < -0.3 is 15.5 Å². The van der Waals surface area contributed by atoms with Gasteiger partial charge in [0.05, 0.1) is 6.04 Å². The first-order chi connectivity index (χ1) is 11.0. The van der Waals surface area contributed by atoms with Crippen molar-refractivity contribution in [3.05, 3.63) is 35.6 Å². The molecule has 1 saturated heterocycles. The Labute approximate surface area is 152 Å². The molecule has 1 aliphatic rings. The highest BCUT2D eigenvalue weighted by atomic mass is 35.5. The van der Waals surface area contributed by atoms with E-state index in [0.717, 1.165) is 5.75 Å². The summed E-state index contributed by atoms with van der Waals surface area (Å²) in [6.07, 6.45) is 2.64. The van der Waals surface area contributed by atoms with Crippen molar-refractivity contribution in [1.82, 2.24) is 9.80 Å². The van der Waals surface area contributed by atoms with Crippen molar-refractivity contribution in [2.45, 2.75) is 12.5 Å². The molecule has 0 aliphatic carbocycles. The summed E-state index contributed by atoms with van der Waals surface area (Å²) < 4.78 is 13.2. The van der Waals surface area contributed by atoms with Crippen LogP contribution in [0, 0.1) is 5.82 Å². The van der Waals surface area contributed by atoms with E-state index >= 15 is 0 Å². The number of nitrogens with two attached hydrogens (primary N) is 1. The molecule has 24 heavy (non-hydrogen) atoms. The van der Waals surface area contributed by atoms with E-state index in [1.807, 2.05) is 6.26 Å². The van der Waals surface area contributed by atoms with Crippen LogP contribution < -0.4 is 5.73 Å². The number of hydrogen-bond donors (Lipinski definition) is 1. The molecule has 1 aromatic rings. The number of benzene rings is 1. The lowest BCUT2D eigenvalue weighted by atomic mass is 10.1. The summed E-state index contributed by atoms with van der Waals surface area (Å²) in [6.45, 7) is 1.81. The van der Waals surface area contributed by atoms with Crippen molar-refractivity contribution in [1.29, 1.82) is 0 Å². The Balaban J connectivity index is 0.00000288. The number of rotatable bonds is 5. The van der Waals surface area contributed by atoms with E-state index in [1.54, 1.807) is 27.6 Å². The Morgan fingerprint density at radius 1 is 1.25 bits per heavy atom. The van der Waals surface area contributed by atoms with E-state index in [0.29, 0.717) is 38.2 Å². The van der Waals surface area contributed by atoms with Gasteiger partial charge in [-0.2, -0.15) is 11.8 Å². The molecule has 8 heteroatoms. The van der Waals surface area contributed by atoms with Crippen molar-refractivity contribution >= 4 is 36.0 Å². The molecule has 2 N–H and O–H groups in total. The molecular formula is C16H23ClFN3O2S. The SMILES string of the molecule is CSCCC(N)C(=O)N1CCN(C(=O)c2cccc(F)c2)CC1.Cl.